The van der Waals surface area contributed by atoms with Gasteiger partial charge in [-0.2, -0.15) is 0 Å². The topological polar surface area (TPSA) is 55.1 Å². The Kier molecular flexibility index (Phi) is 5.35. The lowest BCUT2D eigenvalue weighted by Crippen LogP contribution is -2.27. The summed E-state index contributed by atoms with van der Waals surface area (Å²) in [6.07, 6.45) is 5.43. The van der Waals surface area contributed by atoms with E-state index in [0.29, 0.717) is 0 Å². The third kappa shape index (κ3) is 6.87. The third-order valence-corrected chi connectivity index (χ3v) is 1.28. The van der Waals surface area contributed by atoms with Crippen molar-refractivity contribution in [3.05, 3.63) is 36.1 Å². The fourth-order valence-electron chi connectivity index (χ4n) is 0.645. The number of rotatable bonds is 5. The van der Waals surface area contributed by atoms with Crippen LogP contribution in [0.2, 0.25) is 0 Å². The van der Waals surface area contributed by atoms with Crippen molar-refractivity contribution in [3.8, 4) is 0 Å². The standard InChI is InChI=1S/C10H16N2O/c1-4-9(6-5-8(2)3)12-7-10(11)13/h4-6,12H,1,7H2,2-3H3,(H2,11,13)/b9-6+. The first kappa shape index (κ1) is 11.5. The van der Waals surface area contributed by atoms with E-state index in [2.05, 4.69) is 11.9 Å². The van der Waals surface area contributed by atoms with E-state index < -0.39 is 0 Å². The van der Waals surface area contributed by atoms with Gasteiger partial charge in [-0.3, -0.25) is 4.79 Å². The van der Waals surface area contributed by atoms with E-state index in [1.807, 2.05) is 26.0 Å². The minimum Gasteiger partial charge on any atom is -0.376 e. The van der Waals surface area contributed by atoms with Crippen molar-refractivity contribution < 1.29 is 4.79 Å². The first-order valence-electron chi connectivity index (χ1n) is 4.06. The van der Waals surface area contributed by atoms with Crippen LogP contribution in [0.5, 0.6) is 0 Å². The summed E-state index contributed by atoms with van der Waals surface area (Å²) in [5, 5.41) is 2.85. The lowest BCUT2D eigenvalue weighted by atomic mass is 10.3. The molecule has 0 unspecified atom stereocenters. The Labute approximate surface area is 79.0 Å². The lowest BCUT2D eigenvalue weighted by Gasteiger charge is -2.02. The van der Waals surface area contributed by atoms with Crippen molar-refractivity contribution in [3.63, 3.8) is 0 Å². The minimum atomic E-state index is -0.384. The fourth-order valence-corrected chi connectivity index (χ4v) is 0.645. The average molecular weight is 180 g/mol. The number of carbonyl (C=O) groups is 1. The van der Waals surface area contributed by atoms with E-state index >= 15 is 0 Å². The molecule has 0 bridgehead atoms. The Hall–Kier alpha value is -1.51. The van der Waals surface area contributed by atoms with Crippen molar-refractivity contribution >= 4 is 5.91 Å². The number of carbonyl (C=O) groups excluding carboxylic acids is 1. The Morgan fingerprint density at radius 1 is 1.46 bits per heavy atom. The second kappa shape index (κ2) is 6.06. The maximum Gasteiger partial charge on any atom is 0.236 e. The summed E-state index contributed by atoms with van der Waals surface area (Å²) in [6.45, 7) is 7.72. The zero-order chi connectivity index (χ0) is 10.3. The van der Waals surface area contributed by atoms with Gasteiger partial charge in [-0.15, -0.1) is 0 Å². The molecule has 0 saturated heterocycles. The molecule has 3 heteroatoms. The van der Waals surface area contributed by atoms with E-state index in [0.717, 1.165) is 5.70 Å². The monoisotopic (exact) mass is 180 g/mol. The van der Waals surface area contributed by atoms with Crippen molar-refractivity contribution in [1.82, 2.24) is 5.32 Å². The molecule has 0 aliphatic carbocycles. The van der Waals surface area contributed by atoms with Crippen LogP contribution in [0, 0.1) is 0 Å². The van der Waals surface area contributed by atoms with Crippen LogP contribution in [0.25, 0.3) is 0 Å². The van der Waals surface area contributed by atoms with Crippen LogP contribution in [0.4, 0.5) is 0 Å². The Morgan fingerprint density at radius 2 is 2.08 bits per heavy atom. The highest BCUT2D eigenvalue weighted by Gasteiger charge is 1.92. The quantitative estimate of drug-likeness (QED) is 0.622. The first-order chi connectivity index (χ1) is 6.06. The predicted octanol–water partition coefficient (Wildman–Crippen LogP) is 1.10. The molecule has 0 rings (SSSR count). The number of hydrogen-bond donors (Lipinski definition) is 2. The molecule has 0 saturated carbocycles. The molecule has 0 radical (unpaired) electrons. The van der Waals surface area contributed by atoms with Gasteiger partial charge in [0.1, 0.15) is 0 Å². The molecule has 72 valence electrons. The van der Waals surface area contributed by atoms with Crippen LogP contribution in [-0.4, -0.2) is 12.5 Å². The second-order valence-corrected chi connectivity index (χ2v) is 2.89. The number of nitrogens with two attached hydrogens (primary N) is 1. The van der Waals surface area contributed by atoms with Gasteiger partial charge in [0.25, 0.3) is 0 Å². The summed E-state index contributed by atoms with van der Waals surface area (Å²) in [6, 6.07) is 0. The van der Waals surface area contributed by atoms with Crippen LogP contribution in [0.3, 0.4) is 0 Å². The van der Waals surface area contributed by atoms with Crippen molar-refractivity contribution in [1.29, 1.82) is 0 Å². The van der Waals surface area contributed by atoms with Crippen LogP contribution >= 0.6 is 0 Å². The van der Waals surface area contributed by atoms with Crippen LogP contribution in [-0.2, 0) is 4.79 Å². The zero-order valence-electron chi connectivity index (χ0n) is 8.13. The smallest absolute Gasteiger partial charge is 0.236 e. The van der Waals surface area contributed by atoms with Crippen LogP contribution in [0.15, 0.2) is 36.1 Å². The van der Waals surface area contributed by atoms with Gasteiger partial charge in [-0.05, 0) is 26.0 Å². The molecule has 0 aromatic rings. The molecule has 0 aromatic carbocycles. The molecule has 0 fully saturated rings. The summed E-state index contributed by atoms with van der Waals surface area (Å²) in [7, 11) is 0. The van der Waals surface area contributed by atoms with Gasteiger partial charge >= 0.3 is 0 Å². The molecule has 0 aliphatic heterocycles. The van der Waals surface area contributed by atoms with Gasteiger partial charge in [0, 0.05) is 5.70 Å². The number of hydrogen-bond acceptors (Lipinski definition) is 2. The highest BCUT2D eigenvalue weighted by Crippen LogP contribution is 1.94. The highest BCUT2D eigenvalue weighted by molar-refractivity contribution is 5.76. The molecule has 0 aliphatic rings. The van der Waals surface area contributed by atoms with Crippen molar-refractivity contribution in [2.45, 2.75) is 13.8 Å². The number of amides is 1. The highest BCUT2D eigenvalue weighted by atomic mass is 16.1. The first-order valence-corrected chi connectivity index (χ1v) is 4.06. The Balaban J connectivity index is 4.18. The van der Waals surface area contributed by atoms with Gasteiger partial charge in [0.15, 0.2) is 0 Å². The van der Waals surface area contributed by atoms with E-state index in [1.54, 1.807) is 6.08 Å². The normalized spacial score (nSPS) is 10.5. The molecule has 1 amide bonds. The molecular weight excluding hydrogens is 164 g/mol. The van der Waals surface area contributed by atoms with E-state index in [9.17, 15) is 4.79 Å². The van der Waals surface area contributed by atoms with E-state index in [1.165, 1.54) is 5.57 Å². The van der Waals surface area contributed by atoms with Crippen molar-refractivity contribution in [2.75, 3.05) is 6.54 Å². The summed E-state index contributed by atoms with van der Waals surface area (Å²) in [4.78, 5) is 10.4. The van der Waals surface area contributed by atoms with Gasteiger partial charge in [-0.1, -0.05) is 18.2 Å². The second-order valence-electron chi connectivity index (χ2n) is 2.89. The van der Waals surface area contributed by atoms with Crippen LogP contribution < -0.4 is 11.1 Å². The lowest BCUT2D eigenvalue weighted by molar-refractivity contribution is -0.117. The SMILES string of the molecule is C=C/C(=C\C=C(C)C)NCC(N)=O. The van der Waals surface area contributed by atoms with Gasteiger partial charge in [0.2, 0.25) is 5.91 Å². The molecule has 0 aromatic heterocycles. The Morgan fingerprint density at radius 3 is 2.46 bits per heavy atom. The van der Waals surface area contributed by atoms with Gasteiger partial charge in [-0.25, -0.2) is 0 Å². The molecule has 3 nitrogen and oxygen atoms in total. The third-order valence-electron chi connectivity index (χ3n) is 1.28. The van der Waals surface area contributed by atoms with E-state index in [-0.39, 0.29) is 12.5 Å². The summed E-state index contributed by atoms with van der Waals surface area (Å²) in [5.41, 5.74) is 6.95. The van der Waals surface area contributed by atoms with Gasteiger partial charge < -0.3 is 11.1 Å². The van der Waals surface area contributed by atoms with Crippen molar-refractivity contribution in [2.24, 2.45) is 5.73 Å². The molecule has 0 atom stereocenters. The number of allylic oxidation sites excluding steroid dienone is 4. The molecule has 0 spiro atoms. The summed E-state index contributed by atoms with van der Waals surface area (Å²) >= 11 is 0. The molecule has 0 heterocycles. The van der Waals surface area contributed by atoms with Crippen LogP contribution in [0.1, 0.15) is 13.8 Å². The fraction of sp³-hybridized carbons (Fsp3) is 0.300. The molecule has 13 heavy (non-hydrogen) atoms. The summed E-state index contributed by atoms with van der Waals surface area (Å²) < 4.78 is 0. The minimum absolute atomic E-state index is 0.133. The number of nitrogens with one attached hydrogen (secondary N) is 1. The number of primary amides is 1. The molecular formula is C10H16N2O. The maximum atomic E-state index is 10.4. The predicted molar refractivity (Wildman–Crippen MR) is 54.9 cm³/mol. The summed E-state index contributed by atoms with van der Waals surface area (Å²) in [5.74, 6) is -0.384. The zero-order valence-corrected chi connectivity index (χ0v) is 8.13. The average Bonchev–Trinajstić information content (AvgIpc) is 2.04. The molecule has 3 N–H and O–H groups in total. The van der Waals surface area contributed by atoms with Gasteiger partial charge in [0.05, 0.1) is 6.54 Å². The Bertz CT molecular complexity index is 248. The maximum absolute atomic E-state index is 10.4. The van der Waals surface area contributed by atoms with E-state index in [4.69, 9.17) is 5.73 Å². The largest absolute Gasteiger partial charge is 0.376 e.